The Balaban J connectivity index is 1.54. The summed E-state index contributed by atoms with van der Waals surface area (Å²) in [5.41, 5.74) is 1.25. The van der Waals surface area contributed by atoms with E-state index in [0.717, 1.165) is 43.9 Å². The third-order valence-corrected chi connectivity index (χ3v) is 7.19. The molecule has 4 rings (SSSR count). The summed E-state index contributed by atoms with van der Waals surface area (Å²) in [4.78, 5) is 46.5. The molecule has 2 fully saturated rings. The predicted octanol–water partition coefficient (Wildman–Crippen LogP) is 1.58. The van der Waals surface area contributed by atoms with Crippen LogP contribution in [0.4, 0.5) is 0 Å². The van der Waals surface area contributed by atoms with Crippen molar-refractivity contribution in [1.82, 2.24) is 19.6 Å². The number of carbonyl (C=O) groups excluding carboxylic acids is 3. The van der Waals surface area contributed by atoms with Crippen LogP contribution in [0.15, 0.2) is 24.3 Å². The van der Waals surface area contributed by atoms with Crippen molar-refractivity contribution in [2.45, 2.75) is 45.2 Å². The van der Waals surface area contributed by atoms with E-state index >= 15 is 0 Å². The molecule has 0 bridgehead atoms. The van der Waals surface area contributed by atoms with Gasteiger partial charge in [-0.3, -0.25) is 14.4 Å². The van der Waals surface area contributed by atoms with Crippen molar-refractivity contribution >= 4 is 17.7 Å². The first-order chi connectivity index (χ1) is 14.4. The van der Waals surface area contributed by atoms with Crippen LogP contribution in [0.5, 0.6) is 0 Å². The van der Waals surface area contributed by atoms with Crippen molar-refractivity contribution in [1.29, 1.82) is 0 Å². The largest absolute Gasteiger partial charge is 0.343 e. The van der Waals surface area contributed by atoms with Gasteiger partial charge in [-0.2, -0.15) is 0 Å². The molecule has 0 saturated carbocycles. The average Bonchev–Trinajstić information content (AvgIpc) is 3.11. The quantitative estimate of drug-likeness (QED) is 0.753. The number of carbonyl (C=O) groups is 3. The molecule has 0 aromatic heterocycles. The summed E-state index contributed by atoms with van der Waals surface area (Å²) in [7, 11) is 0. The van der Waals surface area contributed by atoms with Gasteiger partial charge in [0.05, 0.1) is 12.0 Å². The number of rotatable bonds is 4. The Hall–Kier alpha value is -2.41. The molecular formula is C23H32N4O3. The van der Waals surface area contributed by atoms with E-state index in [2.05, 4.69) is 11.8 Å². The van der Waals surface area contributed by atoms with Gasteiger partial charge in [0.1, 0.15) is 0 Å². The van der Waals surface area contributed by atoms with Crippen molar-refractivity contribution in [3.63, 3.8) is 0 Å². The summed E-state index contributed by atoms with van der Waals surface area (Å²) >= 11 is 0. The zero-order valence-corrected chi connectivity index (χ0v) is 18.1. The summed E-state index contributed by atoms with van der Waals surface area (Å²) in [5, 5.41) is 0. The number of piperazine rings is 1. The fraction of sp³-hybridized carbons (Fsp3) is 0.609. The van der Waals surface area contributed by atoms with Gasteiger partial charge in [0.15, 0.2) is 0 Å². The van der Waals surface area contributed by atoms with E-state index in [1.54, 1.807) is 6.92 Å². The number of fused-ring (bicyclic) bond motifs is 1. The van der Waals surface area contributed by atoms with Crippen LogP contribution in [0.25, 0.3) is 0 Å². The number of benzene rings is 1. The molecule has 3 heterocycles. The van der Waals surface area contributed by atoms with Gasteiger partial charge >= 0.3 is 0 Å². The van der Waals surface area contributed by atoms with E-state index in [9.17, 15) is 14.4 Å². The van der Waals surface area contributed by atoms with Gasteiger partial charge in [-0.15, -0.1) is 0 Å². The zero-order chi connectivity index (χ0) is 21.3. The number of likely N-dealkylation sites (N-methyl/N-ethyl adjacent to an activating group) is 1. The summed E-state index contributed by atoms with van der Waals surface area (Å²) in [6, 6.07) is 7.72. The maximum Gasteiger partial charge on any atom is 0.254 e. The number of amides is 3. The van der Waals surface area contributed by atoms with Gasteiger partial charge in [-0.25, -0.2) is 0 Å². The van der Waals surface area contributed by atoms with Gasteiger partial charge < -0.3 is 19.6 Å². The van der Waals surface area contributed by atoms with Crippen LogP contribution in [0.3, 0.4) is 0 Å². The van der Waals surface area contributed by atoms with Crippen molar-refractivity contribution in [3.05, 3.63) is 35.4 Å². The molecule has 7 nitrogen and oxygen atoms in total. The first kappa shape index (κ1) is 20.8. The maximum absolute atomic E-state index is 13.3. The van der Waals surface area contributed by atoms with Crippen LogP contribution in [-0.4, -0.2) is 88.7 Å². The molecule has 2 saturated heterocycles. The Kier molecular flexibility index (Phi) is 5.82. The Morgan fingerprint density at radius 1 is 0.967 bits per heavy atom. The second-order valence-electron chi connectivity index (χ2n) is 8.77. The molecule has 0 radical (unpaired) electrons. The topological polar surface area (TPSA) is 64.2 Å². The highest BCUT2D eigenvalue weighted by Crippen LogP contribution is 2.39. The first-order valence-corrected chi connectivity index (χ1v) is 11.1. The molecule has 0 spiro atoms. The molecule has 30 heavy (non-hydrogen) atoms. The minimum atomic E-state index is -0.527. The first-order valence-electron chi connectivity index (χ1n) is 11.1. The molecule has 162 valence electrons. The molecule has 0 aliphatic carbocycles. The summed E-state index contributed by atoms with van der Waals surface area (Å²) in [6.07, 6.45) is 1.63. The SMILES string of the molecule is CCN1CCN(C(=O)CC2(N3Cc4ccccc4C3=O)CCN(C(C)=O)CC2)CC1. The predicted molar refractivity (Wildman–Crippen MR) is 114 cm³/mol. The lowest BCUT2D eigenvalue weighted by Crippen LogP contribution is -2.59. The van der Waals surface area contributed by atoms with Gasteiger partial charge in [0.25, 0.3) is 5.91 Å². The van der Waals surface area contributed by atoms with E-state index < -0.39 is 5.54 Å². The van der Waals surface area contributed by atoms with Crippen LogP contribution in [0.2, 0.25) is 0 Å². The Labute approximate surface area is 178 Å². The van der Waals surface area contributed by atoms with Crippen molar-refractivity contribution in [2.75, 3.05) is 45.8 Å². The Morgan fingerprint density at radius 3 is 2.23 bits per heavy atom. The second-order valence-corrected chi connectivity index (χ2v) is 8.77. The van der Waals surface area contributed by atoms with Crippen molar-refractivity contribution in [2.24, 2.45) is 0 Å². The van der Waals surface area contributed by atoms with Gasteiger partial charge in [0.2, 0.25) is 11.8 Å². The minimum absolute atomic E-state index is 0.0190. The molecule has 1 aromatic carbocycles. The highest BCUT2D eigenvalue weighted by atomic mass is 16.2. The number of hydrogen-bond acceptors (Lipinski definition) is 4. The Morgan fingerprint density at radius 2 is 1.63 bits per heavy atom. The van der Waals surface area contributed by atoms with Crippen LogP contribution in [0.1, 0.15) is 49.0 Å². The van der Waals surface area contributed by atoms with Gasteiger partial charge in [-0.1, -0.05) is 25.1 Å². The average molecular weight is 413 g/mol. The molecule has 3 amide bonds. The lowest BCUT2D eigenvalue weighted by Gasteiger charge is -2.48. The summed E-state index contributed by atoms with van der Waals surface area (Å²) in [5.74, 6) is 0.206. The smallest absolute Gasteiger partial charge is 0.254 e. The van der Waals surface area contributed by atoms with Crippen LogP contribution >= 0.6 is 0 Å². The molecule has 0 unspecified atom stereocenters. The number of likely N-dealkylation sites (tertiary alicyclic amines) is 1. The molecule has 0 N–H and O–H groups in total. The molecule has 0 atom stereocenters. The highest BCUT2D eigenvalue weighted by Gasteiger charge is 2.47. The molecule has 7 heteroatoms. The Bertz CT molecular complexity index is 823. The zero-order valence-electron chi connectivity index (χ0n) is 18.1. The van der Waals surface area contributed by atoms with Crippen LogP contribution in [0, 0.1) is 0 Å². The second kappa shape index (κ2) is 8.38. The number of piperidine rings is 1. The normalized spacial score (nSPS) is 21.7. The van der Waals surface area contributed by atoms with Crippen molar-refractivity contribution in [3.8, 4) is 0 Å². The maximum atomic E-state index is 13.3. The van der Waals surface area contributed by atoms with E-state index in [0.29, 0.717) is 38.9 Å². The van der Waals surface area contributed by atoms with Crippen LogP contribution < -0.4 is 0 Å². The number of hydrogen-bond donors (Lipinski definition) is 0. The molecular weight excluding hydrogens is 380 g/mol. The van der Waals surface area contributed by atoms with Gasteiger partial charge in [0, 0.05) is 58.3 Å². The summed E-state index contributed by atoms with van der Waals surface area (Å²) < 4.78 is 0. The van der Waals surface area contributed by atoms with E-state index in [4.69, 9.17) is 0 Å². The fourth-order valence-corrected chi connectivity index (χ4v) is 5.12. The molecule has 3 aliphatic heterocycles. The van der Waals surface area contributed by atoms with E-state index in [1.807, 2.05) is 39.0 Å². The number of nitrogens with zero attached hydrogens (tertiary/aromatic N) is 4. The standard InChI is InChI=1S/C23H32N4O3/c1-3-24-12-14-26(15-13-24)21(29)16-23(8-10-25(11-9-23)18(2)28)27-17-19-6-4-5-7-20(19)22(27)30/h4-7H,3,8-17H2,1-2H3. The van der Waals surface area contributed by atoms with Gasteiger partial charge in [-0.05, 0) is 31.0 Å². The van der Waals surface area contributed by atoms with E-state index in [-0.39, 0.29) is 17.7 Å². The minimum Gasteiger partial charge on any atom is -0.343 e. The van der Waals surface area contributed by atoms with E-state index in [1.165, 1.54) is 0 Å². The summed E-state index contributed by atoms with van der Waals surface area (Å²) in [6.45, 7) is 9.77. The molecule has 3 aliphatic rings. The lowest BCUT2D eigenvalue weighted by molar-refractivity contribution is -0.138. The monoisotopic (exact) mass is 412 g/mol. The molecule has 1 aromatic rings. The van der Waals surface area contributed by atoms with Crippen LogP contribution in [-0.2, 0) is 16.1 Å². The third kappa shape index (κ3) is 3.83. The van der Waals surface area contributed by atoms with Crippen molar-refractivity contribution < 1.29 is 14.4 Å². The third-order valence-electron chi connectivity index (χ3n) is 7.19. The fourth-order valence-electron chi connectivity index (χ4n) is 5.12. The highest BCUT2D eigenvalue weighted by molar-refractivity contribution is 5.99. The lowest BCUT2D eigenvalue weighted by atomic mass is 9.82.